The predicted molar refractivity (Wildman–Crippen MR) is 76.1 cm³/mol. The van der Waals surface area contributed by atoms with Crippen molar-refractivity contribution in [1.29, 1.82) is 0 Å². The Bertz CT molecular complexity index is 755. The van der Waals surface area contributed by atoms with Gasteiger partial charge in [0.05, 0.1) is 23.8 Å². The van der Waals surface area contributed by atoms with Gasteiger partial charge in [-0.15, -0.1) is 0 Å². The molecule has 1 aromatic carbocycles. The van der Waals surface area contributed by atoms with E-state index in [2.05, 4.69) is 17.2 Å². The van der Waals surface area contributed by atoms with Crippen LogP contribution in [0.2, 0.25) is 0 Å². The zero-order valence-corrected chi connectivity index (χ0v) is 11.3. The van der Waals surface area contributed by atoms with Crippen LogP contribution in [0.4, 0.5) is 0 Å². The molecular weight excluding hydrogens is 252 g/mol. The monoisotopic (exact) mass is 266 g/mol. The van der Waals surface area contributed by atoms with Crippen molar-refractivity contribution >= 4 is 6.29 Å². The highest BCUT2D eigenvalue weighted by Gasteiger charge is 2.13. The van der Waals surface area contributed by atoms with Crippen molar-refractivity contribution in [3.05, 3.63) is 59.7 Å². The summed E-state index contributed by atoms with van der Waals surface area (Å²) in [5, 5.41) is 4.52. The maximum Gasteiger partial charge on any atom is 0.153 e. The number of carbonyl (C=O) groups excluding carboxylic acids is 1. The maximum atomic E-state index is 11.2. The Morgan fingerprint density at radius 3 is 2.80 bits per heavy atom. The highest BCUT2D eigenvalue weighted by atomic mass is 16.3. The number of aldehydes is 1. The van der Waals surface area contributed by atoms with Crippen LogP contribution in [0.5, 0.6) is 0 Å². The van der Waals surface area contributed by atoms with Gasteiger partial charge in [0.25, 0.3) is 0 Å². The summed E-state index contributed by atoms with van der Waals surface area (Å²) in [6.07, 6.45) is 5.72. The van der Waals surface area contributed by atoms with Crippen molar-refractivity contribution in [1.82, 2.24) is 9.78 Å². The quantitative estimate of drug-likeness (QED) is 0.681. The Kier molecular flexibility index (Phi) is 2.99. The molecule has 2 heterocycles. The zero-order chi connectivity index (χ0) is 14.1. The van der Waals surface area contributed by atoms with Gasteiger partial charge in [0, 0.05) is 11.8 Å². The third-order valence-electron chi connectivity index (χ3n) is 3.28. The minimum atomic E-state index is 0.548. The summed E-state index contributed by atoms with van der Waals surface area (Å²) in [6, 6.07) is 7.95. The molecule has 0 amide bonds. The first kappa shape index (κ1) is 12.4. The molecule has 0 saturated heterocycles. The Labute approximate surface area is 116 Å². The number of rotatable bonds is 3. The van der Waals surface area contributed by atoms with Crippen molar-refractivity contribution in [2.75, 3.05) is 0 Å². The number of furan rings is 1. The van der Waals surface area contributed by atoms with E-state index in [1.807, 2.05) is 19.9 Å². The topological polar surface area (TPSA) is 48.0 Å². The molecule has 100 valence electrons. The second-order valence-electron chi connectivity index (χ2n) is 4.80. The van der Waals surface area contributed by atoms with Crippen LogP contribution in [-0.2, 0) is 0 Å². The molecule has 0 aliphatic rings. The number of aromatic nitrogens is 2. The lowest BCUT2D eigenvalue weighted by Gasteiger charge is -2.06. The van der Waals surface area contributed by atoms with Crippen LogP contribution in [0.25, 0.3) is 16.9 Å². The van der Waals surface area contributed by atoms with E-state index >= 15 is 0 Å². The number of carbonyl (C=O) groups is 1. The lowest BCUT2D eigenvalue weighted by Crippen LogP contribution is -1.98. The molecule has 4 nitrogen and oxygen atoms in total. The van der Waals surface area contributed by atoms with Crippen molar-refractivity contribution in [2.45, 2.75) is 13.8 Å². The predicted octanol–water partition coefficient (Wildman–Crippen LogP) is 3.56. The number of aryl methyl sites for hydroxylation is 2. The fourth-order valence-electron chi connectivity index (χ4n) is 2.19. The fourth-order valence-corrected chi connectivity index (χ4v) is 2.19. The molecule has 3 rings (SSSR count). The summed E-state index contributed by atoms with van der Waals surface area (Å²) in [5.74, 6) is 0. The summed E-state index contributed by atoms with van der Waals surface area (Å²) in [5.41, 5.74) is 5.22. The molecule has 0 atom stereocenters. The standard InChI is InChI=1S/C16H14N2O2/c1-11-3-4-12(2)15(7-11)18-8-14(9-19)16(17-18)13-5-6-20-10-13/h3-10H,1-2H3. The fraction of sp³-hybridized carbons (Fsp3) is 0.125. The van der Waals surface area contributed by atoms with Crippen LogP contribution in [0, 0.1) is 13.8 Å². The van der Waals surface area contributed by atoms with Gasteiger partial charge < -0.3 is 4.42 Å². The third-order valence-corrected chi connectivity index (χ3v) is 3.28. The first-order valence-electron chi connectivity index (χ1n) is 6.34. The Morgan fingerprint density at radius 1 is 1.25 bits per heavy atom. The Balaban J connectivity index is 2.16. The van der Waals surface area contributed by atoms with Crippen LogP contribution in [0.1, 0.15) is 21.5 Å². The molecule has 0 aliphatic carbocycles. The molecule has 0 N–H and O–H groups in total. The lowest BCUT2D eigenvalue weighted by atomic mass is 10.1. The SMILES string of the molecule is Cc1ccc(C)c(-n2cc(C=O)c(-c3ccoc3)n2)c1. The second-order valence-corrected chi connectivity index (χ2v) is 4.80. The lowest BCUT2D eigenvalue weighted by molar-refractivity contribution is 0.112. The highest BCUT2D eigenvalue weighted by Crippen LogP contribution is 2.24. The minimum absolute atomic E-state index is 0.548. The number of nitrogens with zero attached hydrogens (tertiary/aromatic N) is 2. The van der Waals surface area contributed by atoms with Crippen LogP contribution < -0.4 is 0 Å². The number of hydrogen-bond donors (Lipinski definition) is 0. The average molecular weight is 266 g/mol. The van der Waals surface area contributed by atoms with Crippen LogP contribution in [0.15, 0.2) is 47.4 Å². The van der Waals surface area contributed by atoms with Gasteiger partial charge in [-0.3, -0.25) is 4.79 Å². The summed E-state index contributed by atoms with van der Waals surface area (Å²) >= 11 is 0. The van der Waals surface area contributed by atoms with E-state index in [0.29, 0.717) is 11.3 Å². The molecule has 2 aromatic heterocycles. The Hall–Kier alpha value is -2.62. The smallest absolute Gasteiger partial charge is 0.153 e. The molecule has 3 aromatic rings. The Morgan fingerprint density at radius 2 is 2.10 bits per heavy atom. The van der Waals surface area contributed by atoms with Crippen LogP contribution in [-0.4, -0.2) is 16.1 Å². The normalized spacial score (nSPS) is 10.7. The van der Waals surface area contributed by atoms with E-state index in [1.165, 1.54) is 0 Å². The zero-order valence-electron chi connectivity index (χ0n) is 11.3. The molecule has 0 unspecified atom stereocenters. The third kappa shape index (κ3) is 2.05. The molecule has 0 radical (unpaired) electrons. The molecule has 0 fully saturated rings. The van der Waals surface area contributed by atoms with E-state index in [4.69, 9.17) is 4.42 Å². The maximum absolute atomic E-state index is 11.2. The highest BCUT2D eigenvalue weighted by molar-refractivity contribution is 5.85. The number of benzene rings is 1. The summed E-state index contributed by atoms with van der Waals surface area (Å²) in [7, 11) is 0. The van der Waals surface area contributed by atoms with Gasteiger partial charge in [-0.2, -0.15) is 5.10 Å². The second kappa shape index (κ2) is 4.81. The van der Waals surface area contributed by atoms with E-state index < -0.39 is 0 Å². The first-order chi connectivity index (χ1) is 9.69. The summed E-state index contributed by atoms with van der Waals surface area (Å²) in [6.45, 7) is 4.05. The van der Waals surface area contributed by atoms with E-state index in [9.17, 15) is 4.79 Å². The molecule has 0 bridgehead atoms. The molecule has 20 heavy (non-hydrogen) atoms. The molecule has 4 heteroatoms. The van der Waals surface area contributed by atoms with Crippen LogP contribution in [0.3, 0.4) is 0 Å². The minimum Gasteiger partial charge on any atom is -0.472 e. The van der Waals surface area contributed by atoms with E-state index in [-0.39, 0.29) is 0 Å². The van der Waals surface area contributed by atoms with Gasteiger partial charge in [0.2, 0.25) is 0 Å². The number of hydrogen-bond acceptors (Lipinski definition) is 3. The van der Waals surface area contributed by atoms with Crippen LogP contribution >= 0.6 is 0 Å². The molecule has 0 spiro atoms. The average Bonchev–Trinajstić information content (AvgIpc) is 3.09. The van der Waals surface area contributed by atoms with Crippen molar-refractivity contribution in [3.8, 4) is 16.9 Å². The summed E-state index contributed by atoms with van der Waals surface area (Å²) < 4.78 is 6.81. The van der Waals surface area contributed by atoms with Gasteiger partial charge in [-0.1, -0.05) is 12.1 Å². The van der Waals surface area contributed by atoms with Gasteiger partial charge in [0.15, 0.2) is 6.29 Å². The molecule has 0 saturated carbocycles. The molecule has 0 aliphatic heterocycles. The molecular formula is C16H14N2O2. The van der Waals surface area contributed by atoms with Gasteiger partial charge in [-0.25, -0.2) is 4.68 Å². The van der Waals surface area contributed by atoms with Crippen molar-refractivity contribution in [3.63, 3.8) is 0 Å². The van der Waals surface area contributed by atoms with Crippen molar-refractivity contribution < 1.29 is 9.21 Å². The summed E-state index contributed by atoms with van der Waals surface area (Å²) in [4.78, 5) is 11.2. The van der Waals surface area contributed by atoms with Gasteiger partial charge >= 0.3 is 0 Å². The van der Waals surface area contributed by atoms with Gasteiger partial charge in [0.1, 0.15) is 5.69 Å². The first-order valence-corrected chi connectivity index (χ1v) is 6.34. The van der Waals surface area contributed by atoms with Crippen molar-refractivity contribution in [2.24, 2.45) is 0 Å². The van der Waals surface area contributed by atoms with E-state index in [0.717, 1.165) is 28.7 Å². The largest absolute Gasteiger partial charge is 0.472 e. The van der Waals surface area contributed by atoms with E-state index in [1.54, 1.807) is 29.5 Å². The van der Waals surface area contributed by atoms with Gasteiger partial charge in [-0.05, 0) is 37.1 Å².